The second-order valence-corrected chi connectivity index (χ2v) is 3.07. The van der Waals surface area contributed by atoms with Crippen LogP contribution in [-0.2, 0) is 6.42 Å². The standard InChI is InChI=1S/C9H9F2N/c10-6-2-3-7(11)9-5(6)1-4-8(9)12/h2-3,8H,1,4,12H2/t8-/m1/s1. The molecule has 0 aromatic heterocycles. The molecule has 1 aliphatic rings. The Balaban J connectivity index is 2.64. The van der Waals surface area contributed by atoms with Gasteiger partial charge in [-0.15, -0.1) is 0 Å². The molecule has 2 rings (SSSR count). The lowest BCUT2D eigenvalue weighted by molar-refractivity contribution is 0.574. The minimum Gasteiger partial charge on any atom is -0.324 e. The minimum absolute atomic E-state index is 0.323. The summed E-state index contributed by atoms with van der Waals surface area (Å²) in [5, 5.41) is 0. The van der Waals surface area contributed by atoms with Crippen LogP contribution >= 0.6 is 0 Å². The molecule has 3 heteroatoms. The first-order chi connectivity index (χ1) is 5.70. The summed E-state index contributed by atoms with van der Waals surface area (Å²) in [6.07, 6.45) is 1.20. The summed E-state index contributed by atoms with van der Waals surface area (Å²) < 4.78 is 26.1. The summed E-state index contributed by atoms with van der Waals surface area (Å²) in [4.78, 5) is 0. The van der Waals surface area contributed by atoms with E-state index in [1.54, 1.807) is 0 Å². The van der Waals surface area contributed by atoms with Crippen molar-refractivity contribution >= 4 is 0 Å². The Bertz CT molecular complexity index is 323. The summed E-state index contributed by atoms with van der Waals surface area (Å²) in [6, 6.07) is 1.97. The van der Waals surface area contributed by atoms with Gasteiger partial charge in [0, 0.05) is 11.6 Å². The van der Waals surface area contributed by atoms with Crippen LogP contribution in [0, 0.1) is 11.6 Å². The van der Waals surface area contributed by atoms with E-state index in [-0.39, 0.29) is 17.7 Å². The molecule has 0 amide bonds. The Kier molecular flexibility index (Phi) is 1.61. The molecule has 12 heavy (non-hydrogen) atoms. The Morgan fingerprint density at radius 3 is 2.58 bits per heavy atom. The van der Waals surface area contributed by atoms with E-state index in [0.29, 0.717) is 24.0 Å². The van der Waals surface area contributed by atoms with Crippen LogP contribution in [0.2, 0.25) is 0 Å². The average Bonchev–Trinajstić information content (AvgIpc) is 2.42. The number of fused-ring (bicyclic) bond motifs is 1. The van der Waals surface area contributed by atoms with E-state index in [2.05, 4.69) is 0 Å². The van der Waals surface area contributed by atoms with Crippen LogP contribution in [0.1, 0.15) is 23.6 Å². The summed E-state index contributed by atoms with van der Waals surface area (Å²) in [5.74, 6) is -0.712. The summed E-state index contributed by atoms with van der Waals surface area (Å²) in [6.45, 7) is 0. The van der Waals surface area contributed by atoms with Crippen LogP contribution in [-0.4, -0.2) is 0 Å². The third-order valence-electron chi connectivity index (χ3n) is 2.32. The van der Waals surface area contributed by atoms with E-state index in [9.17, 15) is 8.78 Å². The van der Waals surface area contributed by atoms with Gasteiger partial charge in [0.2, 0.25) is 0 Å². The molecule has 0 aliphatic heterocycles. The van der Waals surface area contributed by atoms with Crippen molar-refractivity contribution in [3.63, 3.8) is 0 Å². The quantitative estimate of drug-likeness (QED) is 0.630. The SMILES string of the molecule is N[C@@H]1CCc2c(F)ccc(F)c21. The first-order valence-electron chi connectivity index (χ1n) is 3.92. The maximum absolute atomic E-state index is 13.1. The second kappa shape index (κ2) is 2.52. The molecule has 0 spiro atoms. The lowest BCUT2D eigenvalue weighted by Crippen LogP contribution is -2.07. The molecule has 0 radical (unpaired) electrons. The number of rotatable bonds is 0. The molecule has 0 fully saturated rings. The molecule has 1 aliphatic carbocycles. The Morgan fingerprint density at radius 1 is 1.25 bits per heavy atom. The Morgan fingerprint density at radius 2 is 1.92 bits per heavy atom. The molecule has 1 aromatic carbocycles. The molecule has 0 saturated carbocycles. The fourth-order valence-electron chi connectivity index (χ4n) is 1.71. The van der Waals surface area contributed by atoms with E-state index in [1.165, 1.54) is 0 Å². The minimum atomic E-state index is -0.378. The van der Waals surface area contributed by atoms with Gasteiger partial charge in [-0.2, -0.15) is 0 Å². The average molecular weight is 169 g/mol. The van der Waals surface area contributed by atoms with Crippen molar-refractivity contribution in [3.05, 3.63) is 34.9 Å². The fraction of sp³-hybridized carbons (Fsp3) is 0.333. The van der Waals surface area contributed by atoms with Gasteiger partial charge in [0.1, 0.15) is 11.6 Å². The van der Waals surface area contributed by atoms with E-state index in [4.69, 9.17) is 5.73 Å². The van der Waals surface area contributed by atoms with Gasteiger partial charge in [0.05, 0.1) is 0 Å². The van der Waals surface area contributed by atoms with Crippen LogP contribution in [0.15, 0.2) is 12.1 Å². The van der Waals surface area contributed by atoms with Crippen molar-refractivity contribution in [3.8, 4) is 0 Å². The van der Waals surface area contributed by atoms with Crippen molar-refractivity contribution < 1.29 is 8.78 Å². The highest BCUT2D eigenvalue weighted by Gasteiger charge is 2.25. The largest absolute Gasteiger partial charge is 0.324 e. The molecular formula is C9H9F2N. The number of hydrogen-bond acceptors (Lipinski definition) is 1. The van der Waals surface area contributed by atoms with Crippen LogP contribution < -0.4 is 5.73 Å². The van der Waals surface area contributed by atoms with Gasteiger partial charge in [-0.25, -0.2) is 8.78 Å². The summed E-state index contributed by atoms with van der Waals surface area (Å²) >= 11 is 0. The maximum Gasteiger partial charge on any atom is 0.128 e. The van der Waals surface area contributed by atoms with Gasteiger partial charge >= 0.3 is 0 Å². The smallest absolute Gasteiger partial charge is 0.128 e. The highest BCUT2D eigenvalue weighted by Crippen LogP contribution is 2.32. The van der Waals surface area contributed by atoms with Crippen molar-refractivity contribution in [1.29, 1.82) is 0 Å². The topological polar surface area (TPSA) is 26.0 Å². The van der Waals surface area contributed by atoms with Crippen molar-refractivity contribution in [1.82, 2.24) is 0 Å². The zero-order valence-corrected chi connectivity index (χ0v) is 6.48. The normalized spacial score (nSPS) is 21.1. The number of benzene rings is 1. The lowest BCUT2D eigenvalue weighted by atomic mass is 10.1. The zero-order chi connectivity index (χ0) is 8.72. The first kappa shape index (κ1) is 7.68. The van der Waals surface area contributed by atoms with Crippen LogP contribution in [0.25, 0.3) is 0 Å². The van der Waals surface area contributed by atoms with Crippen LogP contribution in [0.4, 0.5) is 8.78 Å². The fourth-order valence-corrected chi connectivity index (χ4v) is 1.71. The molecule has 1 atom stereocenters. The molecule has 2 N–H and O–H groups in total. The summed E-state index contributed by atoms with van der Waals surface area (Å²) in [7, 11) is 0. The molecular weight excluding hydrogens is 160 g/mol. The van der Waals surface area contributed by atoms with Gasteiger partial charge in [-0.05, 0) is 30.5 Å². The van der Waals surface area contributed by atoms with E-state index < -0.39 is 0 Å². The number of halogens is 2. The van der Waals surface area contributed by atoms with Crippen LogP contribution in [0.3, 0.4) is 0 Å². The highest BCUT2D eigenvalue weighted by molar-refractivity contribution is 5.36. The van der Waals surface area contributed by atoms with Gasteiger partial charge in [0.15, 0.2) is 0 Å². The third-order valence-corrected chi connectivity index (χ3v) is 2.32. The van der Waals surface area contributed by atoms with Gasteiger partial charge in [-0.1, -0.05) is 0 Å². The molecule has 1 aromatic rings. The van der Waals surface area contributed by atoms with Crippen molar-refractivity contribution in [2.45, 2.75) is 18.9 Å². The Labute approximate surface area is 69.2 Å². The molecule has 0 unspecified atom stereocenters. The van der Waals surface area contributed by atoms with Gasteiger partial charge < -0.3 is 5.73 Å². The molecule has 64 valence electrons. The molecule has 0 saturated heterocycles. The summed E-state index contributed by atoms with van der Waals surface area (Å²) in [5.41, 5.74) is 6.44. The third kappa shape index (κ3) is 0.932. The number of hydrogen-bond donors (Lipinski definition) is 1. The zero-order valence-electron chi connectivity index (χ0n) is 6.48. The predicted octanol–water partition coefficient (Wildman–Crippen LogP) is 1.91. The first-order valence-corrected chi connectivity index (χ1v) is 3.92. The van der Waals surface area contributed by atoms with Gasteiger partial charge in [-0.3, -0.25) is 0 Å². The van der Waals surface area contributed by atoms with E-state index in [0.717, 1.165) is 12.1 Å². The maximum atomic E-state index is 13.1. The molecule has 0 heterocycles. The lowest BCUT2D eigenvalue weighted by Gasteiger charge is -2.05. The predicted molar refractivity (Wildman–Crippen MR) is 41.6 cm³/mol. The van der Waals surface area contributed by atoms with Crippen molar-refractivity contribution in [2.75, 3.05) is 0 Å². The second-order valence-electron chi connectivity index (χ2n) is 3.07. The van der Waals surface area contributed by atoms with Crippen molar-refractivity contribution in [2.24, 2.45) is 5.73 Å². The van der Waals surface area contributed by atoms with E-state index in [1.807, 2.05) is 0 Å². The van der Waals surface area contributed by atoms with E-state index >= 15 is 0 Å². The van der Waals surface area contributed by atoms with Crippen LogP contribution in [0.5, 0.6) is 0 Å². The molecule has 1 nitrogen and oxygen atoms in total. The molecule has 0 bridgehead atoms. The highest BCUT2D eigenvalue weighted by atomic mass is 19.1. The monoisotopic (exact) mass is 169 g/mol. The Hall–Kier alpha value is -0.960. The van der Waals surface area contributed by atoms with Gasteiger partial charge in [0.25, 0.3) is 0 Å². The number of nitrogens with two attached hydrogens (primary N) is 1.